The Labute approximate surface area is 132 Å². The molecule has 1 atom stereocenters. The molecule has 0 unspecified atom stereocenters. The molecule has 5 nitrogen and oxygen atoms in total. The maximum atomic E-state index is 12.6. The Hall–Kier alpha value is -1.40. The summed E-state index contributed by atoms with van der Waals surface area (Å²) in [6.45, 7) is 5.03. The van der Waals surface area contributed by atoms with Crippen molar-refractivity contribution in [1.29, 1.82) is 0 Å². The molecule has 0 bridgehead atoms. The number of hydrogen-bond donors (Lipinski definition) is 1. The summed E-state index contributed by atoms with van der Waals surface area (Å²) < 4.78 is 26.8. The van der Waals surface area contributed by atoms with Gasteiger partial charge in [-0.2, -0.15) is 4.31 Å². The van der Waals surface area contributed by atoms with Gasteiger partial charge in [0.1, 0.15) is 0 Å². The maximum Gasteiger partial charge on any atom is 0.251 e. The van der Waals surface area contributed by atoms with Crippen LogP contribution in [0.4, 0.5) is 0 Å². The van der Waals surface area contributed by atoms with Crippen molar-refractivity contribution in [1.82, 2.24) is 9.62 Å². The first-order valence-corrected chi connectivity index (χ1v) is 9.30. The van der Waals surface area contributed by atoms with Crippen molar-refractivity contribution in [2.45, 2.75) is 50.5 Å². The molecule has 1 aliphatic heterocycles. The van der Waals surface area contributed by atoms with Gasteiger partial charge in [0.15, 0.2) is 0 Å². The van der Waals surface area contributed by atoms with E-state index in [1.165, 1.54) is 10.4 Å². The van der Waals surface area contributed by atoms with Crippen LogP contribution in [-0.2, 0) is 10.0 Å². The lowest BCUT2D eigenvalue weighted by Crippen LogP contribution is -2.36. The number of benzene rings is 1. The van der Waals surface area contributed by atoms with Crippen molar-refractivity contribution in [3.63, 3.8) is 0 Å². The van der Waals surface area contributed by atoms with E-state index in [1.807, 2.05) is 13.8 Å². The number of hydrogen-bond acceptors (Lipinski definition) is 3. The van der Waals surface area contributed by atoms with Gasteiger partial charge in [0.2, 0.25) is 10.0 Å². The number of piperidine rings is 1. The van der Waals surface area contributed by atoms with Gasteiger partial charge in [-0.15, -0.1) is 0 Å². The van der Waals surface area contributed by atoms with Crippen molar-refractivity contribution in [2.75, 3.05) is 13.1 Å². The normalized spacial score (nSPS) is 17.9. The van der Waals surface area contributed by atoms with Gasteiger partial charge in [-0.25, -0.2) is 8.42 Å². The molecule has 1 N–H and O–H groups in total. The highest BCUT2D eigenvalue weighted by Gasteiger charge is 2.26. The molecule has 6 heteroatoms. The van der Waals surface area contributed by atoms with Crippen LogP contribution >= 0.6 is 0 Å². The highest BCUT2D eigenvalue weighted by Crippen LogP contribution is 2.21. The van der Waals surface area contributed by atoms with Crippen molar-refractivity contribution in [3.05, 3.63) is 29.8 Å². The molecule has 1 saturated heterocycles. The van der Waals surface area contributed by atoms with E-state index >= 15 is 0 Å². The zero-order valence-corrected chi connectivity index (χ0v) is 14.0. The molecule has 1 heterocycles. The quantitative estimate of drug-likeness (QED) is 0.904. The molecule has 0 aromatic heterocycles. The molecule has 0 aliphatic carbocycles. The first-order chi connectivity index (χ1) is 10.4. The lowest BCUT2D eigenvalue weighted by atomic mass is 10.2. The Kier molecular flexibility index (Phi) is 5.58. The van der Waals surface area contributed by atoms with Crippen LogP contribution in [0.5, 0.6) is 0 Å². The van der Waals surface area contributed by atoms with Gasteiger partial charge in [0, 0.05) is 24.7 Å². The molecule has 1 fully saturated rings. The van der Waals surface area contributed by atoms with Gasteiger partial charge in [-0.05, 0) is 44.4 Å². The number of carbonyl (C=O) groups excluding carboxylic acids is 1. The van der Waals surface area contributed by atoms with Crippen molar-refractivity contribution < 1.29 is 13.2 Å². The Morgan fingerprint density at radius 3 is 2.59 bits per heavy atom. The highest BCUT2D eigenvalue weighted by atomic mass is 32.2. The Morgan fingerprint density at radius 1 is 1.27 bits per heavy atom. The molecule has 1 aromatic rings. The minimum absolute atomic E-state index is 0.0647. The van der Waals surface area contributed by atoms with Crippen molar-refractivity contribution in [3.8, 4) is 0 Å². The molecule has 122 valence electrons. The minimum Gasteiger partial charge on any atom is -0.350 e. The molecule has 2 rings (SSSR count). The number of nitrogens with zero attached hydrogens (tertiary/aromatic N) is 1. The average Bonchev–Trinajstić information content (AvgIpc) is 2.55. The lowest BCUT2D eigenvalue weighted by Gasteiger charge is -2.26. The van der Waals surface area contributed by atoms with Crippen LogP contribution in [0.1, 0.15) is 49.9 Å². The summed E-state index contributed by atoms with van der Waals surface area (Å²) in [7, 11) is -3.50. The van der Waals surface area contributed by atoms with Crippen LogP contribution in [0.3, 0.4) is 0 Å². The molecule has 22 heavy (non-hydrogen) atoms. The number of carbonyl (C=O) groups is 1. The van der Waals surface area contributed by atoms with Crippen LogP contribution in [0.25, 0.3) is 0 Å². The summed E-state index contributed by atoms with van der Waals surface area (Å²) in [6.07, 6.45) is 3.70. The van der Waals surface area contributed by atoms with Crippen molar-refractivity contribution in [2.24, 2.45) is 0 Å². The van der Waals surface area contributed by atoms with E-state index in [4.69, 9.17) is 0 Å². The van der Waals surface area contributed by atoms with E-state index in [2.05, 4.69) is 5.32 Å². The van der Waals surface area contributed by atoms with Gasteiger partial charge in [-0.1, -0.05) is 19.4 Å². The zero-order chi connectivity index (χ0) is 16.2. The van der Waals surface area contributed by atoms with Crippen LogP contribution in [-0.4, -0.2) is 37.8 Å². The SMILES string of the molecule is CC[C@@H](C)NC(=O)c1cccc(S(=O)(=O)N2CCCCC2)c1. The summed E-state index contributed by atoms with van der Waals surface area (Å²) in [6, 6.07) is 6.37. The molecule has 0 spiro atoms. The smallest absolute Gasteiger partial charge is 0.251 e. The topological polar surface area (TPSA) is 66.5 Å². The standard InChI is InChI=1S/C16H24N2O3S/c1-3-13(2)17-16(19)14-8-7-9-15(12-14)22(20,21)18-10-5-4-6-11-18/h7-9,12-13H,3-6,10-11H2,1-2H3,(H,17,19)/t13-/m1/s1. The van der Waals surface area contributed by atoms with E-state index < -0.39 is 10.0 Å². The molecule has 1 aliphatic rings. The molecule has 0 saturated carbocycles. The third kappa shape index (κ3) is 3.87. The van der Waals surface area contributed by atoms with E-state index in [0.29, 0.717) is 18.7 Å². The van der Waals surface area contributed by atoms with Crippen LogP contribution < -0.4 is 5.32 Å². The maximum absolute atomic E-state index is 12.6. The van der Waals surface area contributed by atoms with Gasteiger partial charge in [0.25, 0.3) is 5.91 Å². The lowest BCUT2D eigenvalue weighted by molar-refractivity contribution is 0.0939. The largest absolute Gasteiger partial charge is 0.350 e. The minimum atomic E-state index is -3.50. The Morgan fingerprint density at radius 2 is 1.95 bits per heavy atom. The Balaban J connectivity index is 2.22. The predicted molar refractivity (Wildman–Crippen MR) is 86.3 cm³/mol. The van der Waals surface area contributed by atoms with Crippen LogP contribution in [0.2, 0.25) is 0 Å². The third-order valence-corrected chi connectivity index (χ3v) is 5.93. The third-order valence-electron chi connectivity index (χ3n) is 4.04. The van der Waals surface area contributed by atoms with Crippen LogP contribution in [0, 0.1) is 0 Å². The van der Waals surface area contributed by atoms with E-state index in [9.17, 15) is 13.2 Å². The first kappa shape index (κ1) is 17.0. The van der Waals surface area contributed by atoms with Gasteiger partial charge < -0.3 is 5.32 Å². The summed E-state index contributed by atoms with van der Waals surface area (Å²) >= 11 is 0. The van der Waals surface area contributed by atoms with Gasteiger partial charge in [0.05, 0.1) is 4.90 Å². The van der Waals surface area contributed by atoms with Gasteiger partial charge >= 0.3 is 0 Å². The first-order valence-electron chi connectivity index (χ1n) is 7.86. The molecule has 1 aromatic carbocycles. The highest BCUT2D eigenvalue weighted by molar-refractivity contribution is 7.89. The fourth-order valence-electron chi connectivity index (χ4n) is 2.46. The fourth-order valence-corrected chi connectivity index (χ4v) is 4.02. The monoisotopic (exact) mass is 324 g/mol. The summed E-state index contributed by atoms with van der Waals surface area (Å²) in [5, 5.41) is 2.86. The predicted octanol–water partition coefficient (Wildman–Crippen LogP) is 2.39. The summed E-state index contributed by atoms with van der Waals surface area (Å²) in [5.74, 6) is -0.231. The van der Waals surface area contributed by atoms with E-state index in [-0.39, 0.29) is 16.8 Å². The number of rotatable bonds is 5. The second-order valence-electron chi connectivity index (χ2n) is 5.78. The van der Waals surface area contributed by atoms with E-state index in [0.717, 1.165) is 25.7 Å². The summed E-state index contributed by atoms with van der Waals surface area (Å²) in [4.78, 5) is 12.4. The number of nitrogens with one attached hydrogen (secondary N) is 1. The summed E-state index contributed by atoms with van der Waals surface area (Å²) in [5.41, 5.74) is 0.387. The fraction of sp³-hybridized carbons (Fsp3) is 0.562. The Bertz CT molecular complexity index is 622. The average molecular weight is 324 g/mol. The molecule has 1 amide bonds. The molecular weight excluding hydrogens is 300 g/mol. The number of sulfonamides is 1. The molecular formula is C16H24N2O3S. The van der Waals surface area contributed by atoms with Gasteiger partial charge in [-0.3, -0.25) is 4.79 Å². The number of amides is 1. The van der Waals surface area contributed by atoms with E-state index in [1.54, 1.807) is 18.2 Å². The van der Waals surface area contributed by atoms with Crippen LogP contribution in [0.15, 0.2) is 29.2 Å². The zero-order valence-electron chi connectivity index (χ0n) is 13.2. The second kappa shape index (κ2) is 7.24. The molecule has 0 radical (unpaired) electrons. The second-order valence-corrected chi connectivity index (χ2v) is 7.71. The van der Waals surface area contributed by atoms with Crippen molar-refractivity contribution >= 4 is 15.9 Å².